The third-order valence-electron chi connectivity index (χ3n) is 3.60. The average Bonchev–Trinajstić information content (AvgIpc) is 2.49. The highest BCUT2D eigenvalue weighted by Gasteiger charge is 2.14. The molecule has 3 rings (SSSR count). The van der Waals surface area contributed by atoms with E-state index in [-0.39, 0.29) is 5.92 Å². The molecule has 1 aromatic heterocycles. The Labute approximate surface area is 118 Å². The van der Waals surface area contributed by atoms with Crippen LogP contribution in [0.25, 0.3) is 10.8 Å². The van der Waals surface area contributed by atoms with Gasteiger partial charge in [0.2, 0.25) is 0 Å². The van der Waals surface area contributed by atoms with Gasteiger partial charge in [0.1, 0.15) is 0 Å². The second-order valence-electron chi connectivity index (χ2n) is 5.03. The van der Waals surface area contributed by atoms with Gasteiger partial charge in [0.05, 0.1) is 5.69 Å². The first-order chi connectivity index (χ1) is 9.78. The third kappa shape index (κ3) is 2.40. The highest BCUT2D eigenvalue weighted by atomic mass is 14.8. The zero-order valence-electron chi connectivity index (χ0n) is 11.5. The summed E-state index contributed by atoms with van der Waals surface area (Å²) in [4.78, 5) is 8.51. The van der Waals surface area contributed by atoms with Crippen molar-refractivity contribution in [1.82, 2.24) is 9.97 Å². The number of hydrogen-bond donors (Lipinski definition) is 1. The molecular weight excluding hydrogens is 246 g/mol. The molecule has 0 aliphatic carbocycles. The Morgan fingerprint density at radius 2 is 1.85 bits per heavy atom. The van der Waals surface area contributed by atoms with Crippen LogP contribution in [-0.4, -0.2) is 16.5 Å². The van der Waals surface area contributed by atoms with E-state index >= 15 is 0 Å². The molecule has 100 valence electrons. The second kappa shape index (κ2) is 5.39. The number of fused-ring (bicyclic) bond motifs is 1. The molecule has 20 heavy (non-hydrogen) atoms. The first-order valence-electron chi connectivity index (χ1n) is 6.74. The lowest BCUT2D eigenvalue weighted by molar-refractivity contribution is 0.780. The predicted octanol–water partition coefficient (Wildman–Crippen LogP) is 3.03. The third-order valence-corrected chi connectivity index (χ3v) is 3.60. The van der Waals surface area contributed by atoms with Crippen LogP contribution in [0.5, 0.6) is 0 Å². The average molecular weight is 263 g/mol. The molecule has 0 fully saturated rings. The predicted molar refractivity (Wildman–Crippen MR) is 81.6 cm³/mol. The Balaban J connectivity index is 2.06. The second-order valence-corrected chi connectivity index (χ2v) is 5.03. The lowest BCUT2D eigenvalue weighted by atomic mass is 9.93. The number of hydrogen-bond acceptors (Lipinski definition) is 3. The molecule has 1 heterocycles. The van der Waals surface area contributed by atoms with Crippen molar-refractivity contribution in [1.29, 1.82) is 0 Å². The van der Waals surface area contributed by atoms with E-state index in [1.54, 1.807) is 18.6 Å². The highest BCUT2D eigenvalue weighted by Crippen LogP contribution is 2.25. The summed E-state index contributed by atoms with van der Waals surface area (Å²) in [7, 11) is 0. The van der Waals surface area contributed by atoms with E-state index in [0.29, 0.717) is 6.54 Å². The standard InChI is InChI=1S/C17H17N3/c1-12-2-3-14-9-15(5-4-13(14)8-12)16(10-18)17-11-19-6-7-20-17/h2-9,11,16H,10,18H2,1H3. The molecule has 0 saturated heterocycles. The maximum Gasteiger partial charge on any atom is 0.0674 e. The minimum atomic E-state index is 0.0920. The Morgan fingerprint density at radius 3 is 2.60 bits per heavy atom. The van der Waals surface area contributed by atoms with Gasteiger partial charge in [0, 0.05) is 31.1 Å². The molecule has 3 aromatic rings. The van der Waals surface area contributed by atoms with Crippen molar-refractivity contribution in [3.8, 4) is 0 Å². The van der Waals surface area contributed by atoms with E-state index in [1.165, 1.54) is 21.9 Å². The SMILES string of the molecule is Cc1ccc2cc(C(CN)c3cnccn3)ccc2c1. The zero-order chi connectivity index (χ0) is 13.9. The van der Waals surface area contributed by atoms with Crippen LogP contribution in [0.1, 0.15) is 22.7 Å². The molecule has 0 saturated carbocycles. The first kappa shape index (κ1) is 12.8. The number of nitrogens with two attached hydrogens (primary N) is 1. The Bertz CT molecular complexity index is 723. The molecule has 3 heteroatoms. The van der Waals surface area contributed by atoms with Gasteiger partial charge in [0.25, 0.3) is 0 Å². The van der Waals surface area contributed by atoms with Crippen LogP contribution in [-0.2, 0) is 0 Å². The van der Waals surface area contributed by atoms with E-state index < -0.39 is 0 Å². The number of aromatic nitrogens is 2. The van der Waals surface area contributed by atoms with Gasteiger partial charge in [-0.05, 0) is 23.3 Å². The van der Waals surface area contributed by atoms with Crippen LogP contribution in [0.2, 0.25) is 0 Å². The molecule has 1 unspecified atom stereocenters. The van der Waals surface area contributed by atoms with Gasteiger partial charge < -0.3 is 5.73 Å². The van der Waals surface area contributed by atoms with Crippen LogP contribution in [0.15, 0.2) is 55.0 Å². The van der Waals surface area contributed by atoms with Crippen molar-refractivity contribution >= 4 is 10.8 Å². The molecule has 3 nitrogen and oxygen atoms in total. The maximum absolute atomic E-state index is 5.94. The molecule has 0 aliphatic heterocycles. The lowest BCUT2D eigenvalue weighted by Gasteiger charge is -2.15. The molecule has 0 amide bonds. The van der Waals surface area contributed by atoms with Crippen molar-refractivity contribution < 1.29 is 0 Å². The van der Waals surface area contributed by atoms with Crippen LogP contribution >= 0.6 is 0 Å². The summed E-state index contributed by atoms with van der Waals surface area (Å²) < 4.78 is 0. The van der Waals surface area contributed by atoms with Crippen molar-refractivity contribution in [2.75, 3.05) is 6.54 Å². The van der Waals surface area contributed by atoms with Crippen molar-refractivity contribution in [2.24, 2.45) is 5.73 Å². The molecule has 0 bridgehead atoms. The van der Waals surface area contributed by atoms with Gasteiger partial charge in [-0.25, -0.2) is 0 Å². The summed E-state index contributed by atoms with van der Waals surface area (Å²) in [5, 5.41) is 2.49. The Kier molecular flexibility index (Phi) is 3.44. The largest absolute Gasteiger partial charge is 0.329 e. The fourth-order valence-electron chi connectivity index (χ4n) is 2.52. The zero-order valence-corrected chi connectivity index (χ0v) is 11.5. The van der Waals surface area contributed by atoms with Gasteiger partial charge in [-0.3, -0.25) is 9.97 Å². The summed E-state index contributed by atoms with van der Waals surface area (Å²) in [6.07, 6.45) is 5.18. The van der Waals surface area contributed by atoms with Crippen LogP contribution in [0.3, 0.4) is 0 Å². The molecule has 0 spiro atoms. The van der Waals surface area contributed by atoms with Crippen molar-refractivity contribution in [3.63, 3.8) is 0 Å². The summed E-state index contributed by atoms with van der Waals surface area (Å²) >= 11 is 0. The van der Waals surface area contributed by atoms with E-state index in [4.69, 9.17) is 5.73 Å². The summed E-state index contributed by atoms with van der Waals surface area (Å²) in [6.45, 7) is 2.63. The summed E-state index contributed by atoms with van der Waals surface area (Å²) in [5.41, 5.74) is 9.31. The minimum absolute atomic E-state index is 0.0920. The van der Waals surface area contributed by atoms with Crippen LogP contribution in [0.4, 0.5) is 0 Å². The minimum Gasteiger partial charge on any atom is -0.329 e. The van der Waals surface area contributed by atoms with Gasteiger partial charge in [-0.2, -0.15) is 0 Å². The number of nitrogens with zero attached hydrogens (tertiary/aromatic N) is 2. The van der Waals surface area contributed by atoms with E-state index in [2.05, 4.69) is 53.3 Å². The van der Waals surface area contributed by atoms with E-state index in [0.717, 1.165) is 5.69 Å². The van der Waals surface area contributed by atoms with Crippen LogP contribution < -0.4 is 5.73 Å². The van der Waals surface area contributed by atoms with Crippen molar-refractivity contribution in [2.45, 2.75) is 12.8 Å². The number of aryl methyl sites for hydroxylation is 1. The molecule has 1 atom stereocenters. The first-order valence-corrected chi connectivity index (χ1v) is 6.74. The Hall–Kier alpha value is -2.26. The van der Waals surface area contributed by atoms with Gasteiger partial charge in [-0.15, -0.1) is 0 Å². The quantitative estimate of drug-likeness (QED) is 0.790. The van der Waals surface area contributed by atoms with Gasteiger partial charge >= 0.3 is 0 Å². The molecule has 2 N–H and O–H groups in total. The smallest absolute Gasteiger partial charge is 0.0674 e. The molecule has 0 radical (unpaired) electrons. The maximum atomic E-state index is 5.94. The van der Waals surface area contributed by atoms with E-state index in [1.807, 2.05) is 0 Å². The number of benzene rings is 2. The van der Waals surface area contributed by atoms with Gasteiger partial charge in [-0.1, -0.05) is 42.0 Å². The summed E-state index contributed by atoms with van der Waals surface area (Å²) in [6, 6.07) is 13.0. The van der Waals surface area contributed by atoms with Crippen molar-refractivity contribution in [3.05, 3.63) is 71.8 Å². The topological polar surface area (TPSA) is 51.8 Å². The number of rotatable bonds is 3. The normalized spacial score (nSPS) is 12.5. The fourth-order valence-corrected chi connectivity index (χ4v) is 2.52. The molecular formula is C17H17N3. The van der Waals surface area contributed by atoms with E-state index in [9.17, 15) is 0 Å². The highest BCUT2D eigenvalue weighted by molar-refractivity contribution is 5.84. The van der Waals surface area contributed by atoms with Gasteiger partial charge in [0.15, 0.2) is 0 Å². The monoisotopic (exact) mass is 263 g/mol. The molecule has 2 aromatic carbocycles. The van der Waals surface area contributed by atoms with Crippen LogP contribution in [0, 0.1) is 6.92 Å². The fraction of sp³-hybridized carbons (Fsp3) is 0.176. The Morgan fingerprint density at radius 1 is 1.05 bits per heavy atom. The summed E-state index contributed by atoms with van der Waals surface area (Å²) in [5.74, 6) is 0.0920. The molecule has 0 aliphatic rings. The lowest BCUT2D eigenvalue weighted by Crippen LogP contribution is -2.15.